The summed E-state index contributed by atoms with van der Waals surface area (Å²) in [6.45, 7) is 3.55. The zero-order valence-corrected chi connectivity index (χ0v) is 19.9. The Hall–Kier alpha value is -3.17. The average Bonchev–Trinajstić information content (AvgIpc) is 3.63. The summed E-state index contributed by atoms with van der Waals surface area (Å²) in [6, 6.07) is 18.0. The zero-order chi connectivity index (χ0) is 23.7. The van der Waals surface area contributed by atoms with Gasteiger partial charge in [0, 0.05) is 32.1 Å². The number of nitrogens with zero attached hydrogens (tertiary/aromatic N) is 4. The Labute approximate surface area is 199 Å². The molecule has 0 N–H and O–H groups in total. The number of sulfonamides is 1. The first-order chi connectivity index (χ1) is 16.5. The predicted molar refractivity (Wildman–Crippen MR) is 128 cm³/mol. The molecular weight excluding hydrogens is 452 g/mol. The summed E-state index contributed by atoms with van der Waals surface area (Å²) < 4.78 is 34.8. The number of para-hydroxylation sites is 1. The normalized spacial score (nSPS) is 17.0. The highest BCUT2D eigenvalue weighted by Gasteiger charge is 2.33. The van der Waals surface area contributed by atoms with Gasteiger partial charge < -0.3 is 9.64 Å². The summed E-state index contributed by atoms with van der Waals surface area (Å²) in [4.78, 5) is 15.4. The van der Waals surface area contributed by atoms with E-state index in [0.29, 0.717) is 37.1 Å². The minimum atomic E-state index is -3.64. The van der Waals surface area contributed by atoms with Crippen LogP contribution >= 0.6 is 0 Å². The van der Waals surface area contributed by atoms with Crippen molar-refractivity contribution < 1.29 is 17.9 Å². The molecule has 34 heavy (non-hydrogen) atoms. The van der Waals surface area contributed by atoms with Gasteiger partial charge in [-0.15, -0.1) is 0 Å². The molecule has 8 nitrogen and oxygen atoms in total. The number of rotatable bonds is 7. The summed E-state index contributed by atoms with van der Waals surface area (Å²) in [5.41, 5.74) is 2.31. The van der Waals surface area contributed by atoms with Crippen LogP contribution in [0.5, 0.6) is 5.75 Å². The van der Waals surface area contributed by atoms with Gasteiger partial charge in [-0.2, -0.15) is 9.40 Å². The van der Waals surface area contributed by atoms with E-state index in [4.69, 9.17) is 9.84 Å². The van der Waals surface area contributed by atoms with E-state index in [2.05, 4.69) is 0 Å². The highest BCUT2D eigenvalue weighted by molar-refractivity contribution is 7.89. The van der Waals surface area contributed by atoms with E-state index >= 15 is 0 Å². The van der Waals surface area contributed by atoms with Gasteiger partial charge in [-0.1, -0.05) is 18.2 Å². The number of amides is 1. The SMILES string of the molecule is CCOc1ccc(S(=O)(=O)N2CCN(C(=O)c3cc(C4CC4)nn3-c3ccccc3)CC2)cc1. The van der Waals surface area contributed by atoms with E-state index in [9.17, 15) is 13.2 Å². The molecule has 0 atom stereocenters. The Kier molecular flexibility index (Phi) is 6.14. The van der Waals surface area contributed by atoms with Crippen LogP contribution in [0, 0.1) is 0 Å². The second kappa shape index (κ2) is 9.23. The number of carbonyl (C=O) groups is 1. The van der Waals surface area contributed by atoms with Gasteiger partial charge in [0.1, 0.15) is 11.4 Å². The lowest BCUT2D eigenvalue weighted by Crippen LogP contribution is -2.50. The molecule has 3 aromatic rings. The molecule has 1 saturated carbocycles. The second-order valence-corrected chi connectivity index (χ2v) is 10.5. The summed E-state index contributed by atoms with van der Waals surface area (Å²) >= 11 is 0. The van der Waals surface area contributed by atoms with E-state index in [1.54, 1.807) is 33.8 Å². The number of hydrogen-bond donors (Lipinski definition) is 0. The van der Waals surface area contributed by atoms with Crippen molar-refractivity contribution in [2.45, 2.75) is 30.6 Å². The summed E-state index contributed by atoms with van der Waals surface area (Å²) in [6.07, 6.45) is 2.20. The third-order valence-electron chi connectivity index (χ3n) is 6.24. The van der Waals surface area contributed by atoms with Crippen molar-refractivity contribution in [2.75, 3.05) is 32.8 Å². The molecule has 1 saturated heterocycles. The van der Waals surface area contributed by atoms with Crippen LogP contribution in [0.25, 0.3) is 5.69 Å². The molecule has 2 fully saturated rings. The molecule has 1 aromatic heterocycles. The molecule has 2 aromatic carbocycles. The van der Waals surface area contributed by atoms with Crippen LogP contribution in [0.15, 0.2) is 65.6 Å². The van der Waals surface area contributed by atoms with Crippen LogP contribution in [0.4, 0.5) is 0 Å². The van der Waals surface area contributed by atoms with E-state index in [1.807, 2.05) is 43.3 Å². The molecule has 0 spiro atoms. The molecule has 178 valence electrons. The topological polar surface area (TPSA) is 84.7 Å². The smallest absolute Gasteiger partial charge is 0.272 e. The standard InChI is InChI=1S/C25H28N4O4S/c1-2-33-21-10-12-22(13-11-21)34(31,32)28-16-14-27(15-17-28)25(30)24-18-23(19-8-9-19)26-29(24)20-6-4-3-5-7-20/h3-7,10-13,18-19H,2,8-9,14-17H2,1H3. The van der Waals surface area contributed by atoms with Crippen molar-refractivity contribution in [1.29, 1.82) is 0 Å². The van der Waals surface area contributed by atoms with Gasteiger partial charge in [-0.25, -0.2) is 13.1 Å². The summed E-state index contributed by atoms with van der Waals surface area (Å²) in [5.74, 6) is 0.937. The minimum Gasteiger partial charge on any atom is -0.494 e. The first-order valence-corrected chi connectivity index (χ1v) is 13.1. The average molecular weight is 481 g/mol. The molecule has 0 unspecified atom stereocenters. The van der Waals surface area contributed by atoms with E-state index in [0.717, 1.165) is 24.2 Å². The third kappa shape index (κ3) is 4.45. The van der Waals surface area contributed by atoms with Crippen LogP contribution in [0.3, 0.4) is 0 Å². The lowest BCUT2D eigenvalue weighted by molar-refractivity contribution is 0.0688. The number of carbonyl (C=O) groups excluding carboxylic acids is 1. The van der Waals surface area contributed by atoms with Crippen molar-refractivity contribution in [2.24, 2.45) is 0 Å². The zero-order valence-electron chi connectivity index (χ0n) is 19.1. The minimum absolute atomic E-state index is 0.124. The monoisotopic (exact) mass is 480 g/mol. The molecule has 1 amide bonds. The van der Waals surface area contributed by atoms with Gasteiger partial charge in [0.25, 0.3) is 5.91 Å². The van der Waals surface area contributed by atoms with Gasteiger partial charge >= 0.3 is 0 Å². The highest BCUT2D eigenvalue weighted by Crippen LogP contribution is 2.40. The van der Waals surface area contributed by atoms with Gasteiger partial charge in [0.15, 0.2) is 0 Å². The van der Waals surface area contributed by atoms with Crippen LogP contribution < -0.4 is 4.74 Å². The fourth-order valence-electron chi connectivity index (χ4n) is 4.21. The van der Waals surface area contributed by atoms with Crippen LogP contribution in [0.1, 0.15) is 41.9 Å². The fourth-order valence-corrected chi connectivity index (χ4v) is 5.64. The quantitative estimate of drug-likeness (QED) is 0.518. The number of piperazine rings is 1. The van der Waals surface area contributed by atoms with E-state index in [-0.39, 0.29) is 23.9 Å². The Bertz CT molecular complexity index is 1260. The molecule has 1 aliphatic carbocycles. The summed E-state index contributed by atoms with van der Waals surface area (Å²) in [7, 11) is -3.64. The molecule has 2 aliphatic rings. The Balaban J connectivity index is 1.31. The molecule has 9 heteroatoms. The van der Waals surface area contributed by atoms with Crippen molar-refractivity contribution in [3.8, 4) is 11.4 Å². The maximum absolute atomic E-state index is 13.5. The molecule has 0 radical (unpaired) electrons. The van der Waals surface area contributed by atoms with Crippen molar-refractivity contribution >= 4 is 15.9 Å². The second-order valence-electron chi connectivity index (χ2n) is 8.58. The van der Waals surface area contributed by atoms with E-state index < -0.39 is 10.0 Å². The first-order valence-electron chi connectivity index (χ1n) is 11.6. The fraction of sp³-hybridized carbons (Fsp3) is 0.360. The van der Waals surface area contributed by atoms with E-state index in [1.165, 1.54) is 4.31 Å². The number of benzene rings is 2. The summed E-state index contributed by atoms with van der Waals surface area (Å²) in [5, 5.41) is 4.73. The lowest BCUT2D eigenvalue weighted by Gasteiger charge is -2.34. The number of aromatic nitrogens is 2. The van der Waals surface area contributed by atoms with Gasteiger partial charge in [0.2, 0.25) is 10.0 Å². The van der Waals surface area contributed by atoms with Crippen molar-refractivity contribution in [3.05, 3.63) is 72.1 Å². The predicted octanol–water partition coefficient (Wildman–Crippen LogP) is 3.30. The first kappa shape index (κ1) is 22.6. The maximum Gasteiger partial charge on any atom is 0.272 e. The largest absolute Gasteiger partial charge is 0.494 e. The maximum atomic E-state index is 13.5. The van der Waals surface area contributed by atoms with Crippen LogP contribution in [0.2, 0.25) is 0 Å². The van der Waals surface area contributed by atoms with Crippen molar-refractivity contribution in [3.63, 3.8) is 0 Å². The number of ether oxygens (including phenoxy) is 1. The Morgan fingerprint density at radius 3 is 2.29 bits per heavy atom. The molecule has 2 heterocycles. The molecule has 1 aliphatic heterocycles. The molecule has 5 rings (SSSR count). The van der Waals surface area contributed by atoms with Crippen LogP contribution in [-0.2, 0) is 10.0 Å². The van der Waals surface area contributed by atoms with Crippen LogP contribution in [-0.4, -0.2) is 66.1 Å². The van der Waals surface area contributed by atoms with Crippen molar-refractivity contribution in [1.82, 2.24) is 19.0 Å². The molecular formula is C25H28N4O4S. The van der Waals surface area contributed by atoms with Gasteiger partial charge in [-0.3, -0.25) is 4.79 Å². The third-order valence-corrected chi connectivity index (χ3v) is 8.15. The highest BCUT2D eigenvalue weighted by atomic mass is 32.2. The number of hydrogen-bond acceptors (Lipinski definition) is 5. The van der Waals surface area contributed by atoms with Gasteiger partial charge in [-0.05, 0) is 62.2 Å². The Morgan fingerprint density at radius 1 is 1.00 bits per heavy atom. The molecule has 0 bridgehead atoms. The Morgan fingerprint density at radius 2 is 1.68 bits per heavy atom. The lowest BCUT2D eigenvalue weighted by atomic mass is 10.2. The van der Waals surface area contributed by atoms with Gasteiger partial charge in [0.05, 0.1) is 22.9 Å².